The van der Waals surface area contributed by atoms with Gasteiger partial charge in [0.05, 0.1) is 18.6 Å². The zero-order chi connectivity index (χ0) is 20.9. The molecule has 0 amide bonds. The molecule has 1 saturated heterocycles. The third kappa shape index (κ3) is 6.63. The van der Waals surface area contributed by atoms with Gasteiger partial charge in [-0.1, -0.05) is 23.7 Å². The highest BCUT2D eigenvalue weighted by Gasteiger charge is 2.20. The third-order valence-electron chi connectivity index (χ3n) is 5.39. The van der Waals surface area contributed by atoms with Gasteiger partial charge in [0, 0.05) is 31.1 Å². The van der Waals surface area contributed by atoms with E-state index in [9.17, 15) is 8.42 Å². The van der Waals surface area contributed by atoms with Gasteiger partial charge in [-0.25, -0.2) is 8.42 Å². The number of ether oxygens (including phenoxy) is 1. The van der Waals surface area contributed by atoms with Crippen molar-refractivity contribution in [1.29, 1.82) is 0 Å². The molecule has 1 heterocycles. The quantitative estimate of drug-likeness (QED) is 0.625. The van der Waals surface area contributed by atoms with Gasteiger partial charge in [-0.3, -0.25) is 4.31 Å². The van der Waals surface area contributed by atoms with E-state index in [1.165, 1.54) is 29.0 Å². The molecule has 158 valence electrons. The maximum Gasteiger partial charge on any atom is 0.231 e. The van der Waals surface area contributed by atoms with E-state index in [0.717, 1.165) is 36.8 Å². The Bertz CT molecular complexity index is 903. The van der Waals surface area contributed by atoms with Crippen LogP contribution in [0.5, 0.6) is 5.75 Å². The molecule has 1 atom stereocenters. The molecule has 2 aromatic rings. The van der Waals surface area contributed by atoms with E-state index >= 15 is 0 Å². The van der Waals surface area contributed by atoms with Gasteiger partial charge >= 0.3 is 0 Å². The van der Waals surface area contributed by atoms with Crippen LogP contribution in [-0.2, 0) is 16.4 Å². The van der Waals surface area contributed by atoms with Crippen molar-refractivity contribution < 1.29 is 13.2 Å². The van der Waals surface area contributed by atoms with Crippen molar-refractivity contribution in [2.75, 3.05) is 43.8 Å². The summed E-state index contributed by atoms with van der Waals surface area (Å²) in [5.74, 6) is 1.27. The number of likely N-dealkylation sites (tertiary alicyclic amines) is 1. The Morgan fingerprint density at radius 2 is 1.97 bits per heavy atom. The molecule has 2 aromatic carbocycles. The van der Waals surface area contributed by atoms with Crippen LogP contribution in [0.4, 0.5) is 5.69 Å². The molecule has 1 aliphatic rings. The molecular formula is C22H29ClN2O3S. The molecular weight excluding hydrogens is 408 g/mol. The van der Waals surface area contributed by atoms with Crippen molar-refractivity contribution in [3.63, 3.8) is 0 Å². The van der Waals surface area contributed by atoms with Crippen molar-refractivity contribution in [1.82, 2.24) is 4.90 Å². The van der Waals surface area contributed by atoms with Crippen LogP contribution in [0.2, 0.25) is 5.02 Å². The second-order valence-corrected chi connectivity index (χ2v) is 10.2. The molecule has 3 rings (SSSR count). The molecule has 0 aromatic heterocycles. The fourth-order valence-electron chi connectivity index (χ4n) is 3.63. The fraction of sp³-hybridized carbons (Fsp3) is 0.455. The molecule has 0 radical (unpaired) electrons. The number of anilines is 1. The van der Waals surface area contributed by atoms with E-state index in [4.69, 9.17) is 16.3 Å². The lowest BCUT2D eigenvalue weighted by Gasteiger charge is -2.32. The standard InChI is InChI=1S/C22H29ClN2O3S/c1-24(29(2,26)27)21-8-10-22(11-9-21)28-17-19-6-4-13-25(16-19)14-12-18-5-3-7-20(23)15-18/h3,5,7-11,15,19H,4,6,12-14,16-17H2,1-2H3/t19-/m1/s1. The Morgan fingerprint density at radius 3 is 2.66 bits per heavy atom. The van der Waals surface area contributed by atoms with Gasteiger partial charge in [-0.2, -0.15) is 0 Å². The van der Waals surface area contributed by atoms with Crippen LogP contribution < -0.4 is 9.04 Å². The lowest BCUT2D eigenvalue weighted by molar-refractivity contribution is 0.131. The smallest absolute Gasteiger partial charge is 0.231 e. The summed E-state index contributed by atoms with van der Waals surface area (Å²) in [7, 11) is -1.71. The molecule has 0 N–H and O–H groups in total. The minimum atomic E-state index is -3.25. The highest BCUT2D eigenvalue weighted by molar-refractivity contribution is 7.92. The van der Waals surface area contributed by atoms with Crippen LogP contribution in [0.25, 0.3) is 0 Å². The Kier molecular flexibility index (Phi) is 7.44. The Morgan fingerprint density at radius 1 is 1.21 bits per heavy atom. The molecule has 5 nitrogen and oxygen atoms in total. The average molecular weight is 437 g/mol. The first-order chi connectivity index (χ1) is 13.8. The van der Waals surface area contributed by atoms with Crippen molar-refractivity contribution in [3.05, 3.63) is 59.1 Å². The molecule has 1 fully saturated rings. The third-order valence-corrected chi connectivity index (χ3v) is 6.83. The topological polar surface area (TPSA) is 49.9 Å². The molecule has 0 unspecified atom stereocenters. The normalized spacial score (nSPS) is 17.8. The number of nitrogens with zero attached hydrogens (tertiary/aromatic N) is 2. The van der Waals surface area contributed by atoms with E-state index < -0.39 is 10.0 Å². The second kappa shape index (κ2) is 9.83. The lowest BCUT2D eigenvalue weighted by Crippen LogP contribution is -2.38. The molecule has 29 heavy (non-hydrogen) atoms. The van der Waals surface area contributed by atoms with Crippen molar-refractivity contribution in [2.45, 2.75) is 19.3 Å². The van der Waals surface area contributed by atoms with E-state index in [1.807, 2.05) is 30.3 Å². The number of benzene rings is 2. The van der Waals surface area contributed by atoms with Gasteiger partial charge in [0.1, 0.15) is 5.75 Å². The number of halogens is 1. The van der Waals surface area contributed by atoms with E-state index in [1.54, 1.807) is 19.2 Å². The minimum Gasteiger partial charge on any atom is -0.493 e. The summed E-state index contributed by atoms with van der Waals surface area (Å²) in [4.78, 5) is 2.50. The summed E-state index contributed by atoms with van der Waals surface area (Å²) in [5.41, 5.74) is 1.90. The van der Waals surface area contributed by atoms with Crippen LogP contribution >= 0.6 is 11.6 Å². The van der Waals surface area contributed by atoms with E-state index in [-0.39, 0.29) is 0 Å². The predicted octanol–water partition coefficient (Wildman–Crippen LogP) is 4.07. The Balaban J connectivity index is 1.47. The molecule has 0 bridgehead atoms. The molecule has 7 heteroatoms. The summed E-state index contributed by atoms with van der Waals surface area (Å²) in [5, 5.41) is 0.793. The zero-order valence-corrected chi connectivity index (χ0v) is 18.6. The van der Waals surface area contributed by atoms with Crippen molar-refractivity contribution >= 4 is 27.3 Å². The Hall–Kier alpha value is -1.76. The molecule has 0 saturated carbocycles. The average Bonchev–Trinajstić information content (AvgIpc) is 2.70. The number of rotatable bonds is 8. The highest BCUT2D eigenvalue weighted by atomic mass is 35.5. The van der Waals surface area contributed by atoms with Crippen molar-refractivity contribution in [2.24, 2.45) is 5.92 Å². The second-order valence-electron chi connectivity index (χ2n) is 7.72. The van der Waals surface area contributed by atoms with Gasteiger partial charge in [0.15, 0.2) is 0 Å². The first-order valence-electron chi connectivity index (χ1n) is 9.95. The monoisotopic (exact) mass is 436 g/mol. The first kappa shape index (κ1) is 21.9. The zero-order valence-electron chi connectivity index (χ0n) is 17.1. The first-order valence-corrected chi connectivity index (χ1v) is 12.2. The summed E-state index contributed by atoms with van der Waals surface area (Å²) in [6, 6.07) is 15.3. The van der Waals surface area contributed by atoms with E-state index in [2.05, 4.69) is 11.0 Å². The predicted molar refractivity (Wildman–Crippen MR) is 120 cm³/mol. The number of sulfonamides is 1. The Labute approximate surface area is 179 Å². The summed E-state index contributed by atoms with van der Waals surface area (Å²) in [6.07, 6.45) is 4.55. The molecule has 1 aliphatic heterocycles. The van der Waals surface area contributed by atoms with Crippen molar-refractivity contribution in [3.8, 4) is 5.75 Å². The summed E-state index contributed by atoms with van der Waals surface area (Å²) in [6.45, 7) is 3.87. The largest absolute Gasteiger partial charge is 0.493 e. The van der Waals surface area contributed by atoms with Gasteiger partial charge < -0.3 is 9.64 Å². The highest BCUT2D eigenvalue weighted by Crippen LogP contribution is 2.23. The van der Waals surface area contributed by atoms with Gasteiger partial charge in [0.25, 0.3) is 0 Å². The van der Waals surface area contributed by atoms with Gasteiger partial charge in [-0.05, 0) is 67.8 Å². The van der Waals surface area contributed by atoms with E-state index in [0.29, 0.717) is 18.2 Å². The number of hydrogen-bond acceptors (Lipinski definition) is 4. The molecule has 0 spiro atoms. The number of piperidine rings is 1. The van der Waals surface area contributed by atoms with Crippen LogP contribution in [0.15, 0.2) is 48.5 Å². The van der Waals surface area contributed by atoms with Crippen LogP contribution in [0.3, 0.4) is 0 Å². The summed E-state index contributed by atoms with van der Waals surface area (Å²) >= 11 is 6.08. The van der Waals surface area contributed by atoms with Gasteiger partial charge in [-0.15, -0.1) is 0 Å². The summed E-state index contributed by atoms with van der Waals surface area (Å²) < 4.78 is 30.5. The SMILES string of the molecule is CN(c1ccc(OC[C@@H]2CCCN(CCc3cccc(Cl)c3)C2)cc1)S(C)(=O)=O. The van der Waals surface area contributed by atoms with Gasteiger partial charge in [0.2, 0.25) is 10.0 Å². The number of hydrogen-bond donors (Lipinski definition) is 0. The maximum atomic E-state index is 11.6. The maximum absolute atomic E-state index is 11.6. The lowest BCUT2D eigenvalue weighted by atomic mass is 9.98. The minimum absolute atomic E-state index is 0.501. The van der Waals surface area contributed by atoms with Crippen LogP contribution in [0.1, 0.15) is 18.4 Å². The fourth-order valence-corrected chi connectivity index (χ4v) is 4.35. The molecule has 0 aliphatic carbocycles. The van der Waals surface area contributed by atoms with Crippen LogP contribution in [0, 0.1) is 5.92 Å². The van der Waals surface area contributed by atoms with Crippen LogP contribution in [-0.4, -0.2) is 52.9 Å².